The lowest BCUT2D eigenvalue weighted by molar-refractivity contribution is -0.121. The third kappa shape index (κ3) is 5.92. The Labute approximate surface area is 183 Å². The number of anilines is 1. The summed E-state index contributed by atoms with van der Waals surface area (Å²) in [5.74, 6) is 1.06. The van der Waals surface area contributed by atoms with Crippen molar-refractivity contribution in [2.75, 3.05) is 44.2 Å². The van der Waals surface area contributed by atoms with Gasteiger partial charge in [0.15, 0.2) is 0 Å². The summed E-state index contributed by atoms with van der Waals surface area (Å²) in [5, 5.41) is 7.02. The number of amides is 1. The number of aromatic nitrogens is 2. The predicted molar refractivity (Wildman–Crippen MR) is 121 cm³/mol. The number of carbonyl (C=O) groups is 1. The van der Waals surface area contributed by atoms with E-state index in [4.69, 9.17) is 4.52 Å². The average Bonchev–Trinajstić information content (AvgIpc) is 3.28. The highest BCUT2D eigenvalue weighted by Crippen LogP contribution is 2.17. The van der Waals surface area contributed by atoms with Crippen molar-refractivity contribution in [3.05, 3.63) is 66.1 Å². The SMILES string of the molecule is Cc1ccc(-c2noc(CCC(=O)NCCN3CCN(c4ccccc4)CC3)n2)cc1. The van der Waals surface area contributed by atoms with Crippen molar-refractivity contribution in [1.82, 2.24) is 20.4 Å². The van der Waals surface area contributed by atoms with Crippen molar-refractivity contribution in [2.45, 2.75) is 19.8 Å². The van der Waals surface area contributed by atoms with Crippen LogP contribution in [0.2, 0.25) is 0 Å². The van der Waals surface area contributed by atoms with Crippen LogP contribution in [-0.2, 0) is 11.2 Å². The Morgan fingerprint density at radius 2 is 1.77 bits per heavy atom. The molecule has 3 aromatic rings. The van der Waals surface area contributed by atoms with Gasteiger partial charge in [0.2, 0.25) is 17.6 Å². The Hall–Kier alpha value is -3.19. The summed E-state index contributed by atoms with van der Waals surface area (Å²) >= 11 is 0. The molecule has 0 bridgehead atoms. The Kier molecular flexibility index (Phi) is 6.94. The molecule has 0 spiro atoms. The molecule has 2 heterocycles. The van der Waals surface area contributed by atoms with Crippen LogP contribution in [0, 0.1) is 6.92 Å². The second-order valence-corrected chi connectivity index (χ2v) is 7.89. The maximum atomic E-state index is 12.2. The highest BCUT2D eigenvalue weighted by Gasteiger charge is 2.17. The molecule has 1 amide bonds. The molecular weight excluding hydrogens is 390 g/mol. The third-order valence-corrected chi connectivity index (χ3v) is 5.59. The summed E-state index contributed by atoms with van der Waals surface area (Å²) in [6.07, 6.45) is 0.789. The van der Waals surface area contributed by atoms with E-state index < -0.39 is 0 Å². The van der Waals surface area contributed by atoms with Crippen LogP contribution in [0.1, 0.15) is 17.9 Å². The molecule has 0 saturated carbocycles. The Morgan fingerprint density at radius 1 is 1.03 bits per heavy atom. The number of nitrogens with one attached hydrogen (secondary N) is 1. The first-order valence-electron chi connectivity index (χ1n) is 10.9. The number of nitrogens with zero attached hydrogens (tertiary/aromatic N) is 4. The molecular formula is C24H29N5O2. The zero-order valence-electron chi connectivity index (χ0n) is 18.0. The molecule has 2 aromatic carbocycles. The van der Waals surface area contributed by atoms with E-state index >= 15 is 0 Å². The summed E-state index contributed by atoms with van der Waals surface area (Å²) in [7, 11) is 0. The third-order valence-electron chi connectivity index (χ3n) is 5.59. The highest BCUT2D eigenvalue weighted by molar-refractivity contribution is 5.76. The van der Waals surface area contributed by atoms with Gasteiger partial charge >= 0.3 is 0 Å². The maximum Gasteiger partial charge on any atom is 0.227 e. The zero-order chi connectivity index (χ0) is 21.5. The topological polar surface area (TPSA) is 74.5 Å². The van der Waals surface area contributed by atoms with Crippen molar-refractivity contribution >= 4 is 11.6 Å². The molecule has 7 nitrogen and oxygen atoms in total. The summed E-state index contributed by atoms with van der Waals surface area (Å²) < 4.78 is 5.29. The Morgan fingerprint density at radius 3 is 2.52 bits per heavy atom. The lowest BCUT2D eigenvalue weighted by atomic mass is 10.1. The first kappa shape index (κ1) is 21.1. The minimum atomic E-state index is 0.0120. The fourth-order valence-corrected chi connectivity index (χ4v) is 3.71. The molecule has 31 heavy (non-hydrogen) atoms. The van der Waals surface area contributed by atoms with Crippen LogP contribution >= 0.6 is 0 Å². The van der Waals surface area contributed by atoms with Gasteiger partial charge in [-0.3, -0.25) is 9.69 Å². The lowest BCUT2D eigenvalue weighted by Crippen LogP contribution is -2.48. The number of hydrogen-bond acceptors (Lipinski definition) is 6. The Bertz CT molecular complexity index is 963. The van der Waals surface area contributed by atoms with E-state index in [1.165, 1.54) is 11.3 Å². The van der Waals surface area contributed by atoms with E-state index in [2.05, 4.69) is 49.5 Å². The minimum absolute atomic E-state index is 0.0120. The van der Waals surface area contributed by atoms with Gasteiger partial charge in [-0.1, -0.05) is 53.2 Å². The molecule has 1 N–H and O–H groups in total. The number of para-hydroxylation sites is 1. The molecule has 1 fully saturated rings. The molecule has 4 rings (SSSR count). The highest BCUT2D eigenvalue weighted by atomic mass is 16.5. The smallest absolute Gasteiger partial charge is 0.227 e. The molecule has 1 aliphatic rings. The molecule has 1 aromatic heterocycles. The van der Waals surface area contributed by atoms with Gasteiger partial charge < -0.3 is 14.7 Å². The van der Waals surface area contributed by atoms with Crippen LogP contribution in [-0.4, -0.2) is 60.2 Å². The van der Waals surface area contributed by atoms with E-state index in [0.29, 0.717) is 31.1 Å². The first-order chi connectivity index (χ1) is 15.2. The van der Waals surface area contributed by atoms with Crippen LogP contribution in [0.15, 0.2) is 59.1 Å². The second kappa shape index (κ2) is 10.2. The van der Waals surface area contributed by atoms with Crippen molar-refractivity contribution in [1.29, 1.82) is 0 Å². The van der Waals surface area contributed by atoms with Crippen LogP contribution in [0.4, 0.5) is 5.69 Å². The monoisotopic (exact) mass is 419 g/mol. The number of benzene rings is 2. The van der Waals surface area contributed by atoms with Crippen LogP contribution in [0.25, 0.3) is 11.4 Å². The molecule has 0 radical (unpaired) electrons. The Balaban J connectivity index is 1.13. The van der Waals surface area contributed by atoms with Crippen molar-refractivity contribution in [2.24, 2.45) is 0 Å². The maximum absolute atomic E-state index is 12.2. The molecule has 162 valence electrons. The molecule has 1 aliphatic heterocycles. The quantitative estimate of drug-likeness (QED) is 0.605. The number of piperazine rings is 1. The van der Waals surface area contributed by atoms with Crippen LogP contribution < -0.4 is 10.2 Å². The van der Waals surface area contributed by atoms with Gasteiger partial charge in [0.1, 0.15) is 0 Å². The fourth-order valence-electron chi connectivity index (χ4n) is 3.71. The van der Waals surface area contributed by atoms with E-state index in [-0.39, 0.29) is 5.91 Å². The number of hydrogen-bond donors (Lipinski definition) is 1. The lowest BCUT2D eigenvalue weighted by Gasteiger charge is -2.36. The molecule has 0 unspecified atom stereocenters. The second-order valence-electron chi connectivity index (χ2n) is 7.89. The molecule has 1 saturated heterocycles. The number of rotatable bonds is 8. The van der Waals surface area contributed by atoms with E-state index in [1.807, 2.05) is 37.3 Å². The summed E-state index contributed by atoms with van der Waals surface area (Å²) in [6, 6.07) is 18.5. The summed E-state index contributed by atoms with van der Waals surface area (Å²) in [4.78, 5) is 21.4. The first-order valence-corrected chi connectivity index (χ1v) is 10.9. The zero-order valence-corrected chi connectivity index (χ0v) is 18.0. The summed E-state index contributed by atoms with van der Waals surface area (Å²) in [6.45, 7) is 7.60. The van der Waals surface area contributed by atoms with E-state index in [9.17, 15) is 4.79 Å². The van der Waals surface area contributed by atoms with Crippen molar-refractivity contribution in [3.8, 4) is 11.4 Å². The largest absolute Gasteiger partial charge is 0.369 e. The van der Waals surface area contributed by atoms with Gasteiger partial charge in [0, 0.05) is 63.4 Å². The normalized spacial score (nSPS) is 14.5. The minimum Gasteiger partial charge on any atom is -0.369 e. The molecule has 7 heteroatoms. The van der Waals surface area contributed by atoms with Crippen molar-refractivity contribution in [3.63, 3.8) is 0 Å². The van der Waals surface area contributed by atoms with Crippen molar-refractivity contribution < 1.29 is 9.32 Å². The summed E-state index contributed by atoms with van der Waals surface area (Å²) in [5.41, 5.74) is 3.38. The van der Waals surface area contributed by atoms with Gasteiger partial charge in [-0.2, -0.15) is 4.98 Å². The van der Waals surface area contributed by atoms with Gasteiger partial charge in [0.25, 0.3) is 0 Å². The van der Waals surface area contributed by atoms with Crippen LogP contribution in [0.3, 0.4) is 0 Å². The van der Waals surface area contributed by atoms with Gasteiger partial charge in [-0.05, 0) is 19.1 Å². The van der Waals surface area contributed by atoms with Gasteiger partial charge in [-0.15, -0.1) is 0 Å². The average molecular weight is 420 g/mol. The standard InChI is InChI=1S/C24H29N5O2/c1-19-7-9-20(10-8-19)24-26-23(31-27-24)12-11-22(30)25-13-14-28-15-17-29(18-16-28)21-5-3-2-4-6-21/h2-10H,11-18H2,1H3,(H,25,30). The number of carbonyl (C=O) groups excluding carboxylic acids is 1. The van der Waals surface area contributed by atoms with Crippen LogP contribution in [0.5, 0.6) is 0 Å². The predicted octanol–water partition coefficient (Wildman–Crippen LogP) is 2.92. The van der Waals surface area contributed by atoms with Gasteiger partial charge in [-0.25, -0.2) is 0 Å². The van der Waals surface area contributed by atoms with Gasteiger partial charge in [0.05, 0.1) is 0 Å². The fraction of sp³-hybridized carbons (Fsp3) is 0.375. The molecule has 0 atom stereocenters. The van der Waals surface area contributed by atoms with E-state index in [1.54, 1.807) is 0 Å². The molecule has 0 aliphatic carbocycles. The number of aryl methyl sites for hydroxylation is 2. The van der Waals surface area contributed by atoms with E-state index in [0.717, 1.165) is 38.3 Å².